The number of carbonyl (C=O) groups is 1. The molecule has 2 atom stereocenters. The third-order valence-corrected chi connectivity index (χ3v) is 7.82. The second-order valence-corrected chi connectivity index (χ2v) is 9.90. The summed E-state index contributed by atoms with van der Waals surface area (Å²) in [6, 6.07) is 1.15. The number of hydrogen-bond acceptors (Lipinski definition) is 2. The van der Waals surface area contributed by atoms with E-state index >= 15 is 0 Å². The van der Waals surface area contributed by atoms with Crippen molar-refractivity contribution in [2.24, 2.45) is 5.92 Å². The van der Waals surface area contributed by atoms with Gasteiger partial charge in [0.1, 0.15) is 0 Å². The molecule has 164 valence electrons. The largest absolute Gasteiger partial charge is 0.325 e. The number of urea groups is 1. The summed E-state index contributed by atoms with van der Waals surface area (Å²) in [4.78, 5) is 21.0. The first kappa shape index (κ1) is 23.5. The van der Waals surface area contributed by atoms with Crippen LogP contribution in [0.15, 0.2) is 0 Å². The van der Waals surface area contributed by atoms with Crippen molar-refractivity contribution in [3.63, 3.8) is 0 Å². The van der Waals surface area contributed by atoms with Gasteiger partial charge in [-0.1, -0.05) is 52.9 Å². The molecule has 2 unspecified atom stereocenters. The van der Waals surface area contributed by atoms with Crippen molar-refractivity contribution in [1.29, 1.82) is 0 Å². The maximum Gasteiger partial charge on any atom is 0.320 e. The van der Waals surface area contributed by atoms with Gasteiger partial charge in [-0.25, -0.2) is 4.79 Å². The Labute approximate surface area is 175 Å². The van der Waals surface area contributed by atoms with Gasteiger partial charge in [0.05, 0.1) is 0 Å². The van der Waals surface area contributed by atoms with Crippen LogP contribution in [0.4, 0.5) is 4.79 Å². The van der Waals surface area contributed by atoms with Gasteiger partial charge in [-0.15, -0.1) is 0 Å². The number of amides is 2. The molecule has 0 aromatic heterocycles. The molecule has 1 saturated heterocycles. The van der Waals surface area contributed by atoms with Crippen molar-refractivity contribution in [2.75, 3.05) is 26.7 Å². The number of nitrogens with zero attached hydrogens (tertiary/aromatic N) is 3. The van der Waals surface area contributed by atoms with E-state index in [2.05, 4.69) is 56.4 Å². The Bertz CT molecular complexity index is 464. The molecule has 0 aromatic carbocycles. The van der Waals surface area contributed by atoms with E-state index < -0.39 is 0 Å². The lowest BCUT2D eigenvalue weighted by atomic mass is 9.75. The molecule has 1 saturated carbocycles. The first-order chi connectivity index (χ1) is 13.3. The van der Waals surface area contributed by atoms with E-state index in [1.54, 1.807) is 0 Å². The molecule has 2 rings (SSSR count). The van der Waals surface area contributed by atoms with Crippen LogP contribution in [0.25, 0.3) is 0 Å². The maximum atomic E-state index is 13.9. The molecule has 0 N–H and O–H groups in total. The molecular weight excluding hydrogens is 346 g/mol. The number of hydrogen-bond donors (Lipinski definition) is 0. The molecule has 28 heavy (non-hydrogen) atoms. The number of piperidine rings is 1. The summed E-state index contributed by atoms with van der Waals surface area (Å²) >= 11 is 0. The smallest absolute Gasteiger partial charge is 0.320 e. The molecule has 2 fully saturated rings. The fraction of sp³-hybridized carbons (Fsp3) is 0.958. The van der Waals surface area contributed by atoms with Crippen molar-refractivity contribution in [1.82, 2.24) is 14.7 Å². The van der Waals surface area contributed by atoms with E-state index in [-0.39, 0.29) is 5.54 Å². The lowest BCUT2D eigenvalue weighted by molar-refractivity contribution is -0.0255. The molecule has 4 nitrogen and oxygen atoms in total. The van der Waals surface area contributed by atoms with E-state index in [1.807, 2.05) is 0 Å². The summed E-state index contributed by atoms with van der Waals surface area (Å²) in [6.07, 6.45) is 11.9. The quantitative estimate of drug-likeness (QED) is 0.524. The van der Waals surface area contributed by atoms with Gasteiger partial charge in [-0.3, -0.25) is 0 Å². The van der Waals surface area contributed by atoms with Crippen LogP contribution >= 0.6 is 0 Å². The highest BCUT2D eigenvalue weighted by atomic mass is 16.2. The molecule has 1 heterocycles. The summed E-state index contributed by atoms with van der Waals surface area (Å²) in [6.45, 7) is 14.5. The monoisotopic (exact) mass is 393 g/mol. The molecule has 0 bridgehead atoms. The molecule has 4 heteroatoms. The molecule has 0 spiro atoms. The number of unbranched alkanes of at least 4 members (excludes halogenated alkanes) is 2. The minimum absolute atomic E-state index is 0.133. The molecule has 0 aromatic rings. The van der Waals surface area contributed by atoms with Gasteiger partial charge in [0.15, 0.2) is 0 Å². The van der Waals surface area contributed by atoms with E-state index in [4.69, 9.17) is 0 Å². The normalized spacial score (nSPS) is 26.2. The maximum absolute atomic E-state index is 13.9. The summed E-state index contributed by atoms with van der Waals surface area (Å²) in [7, 11) is 2.24. The zero-order valence-electron chi connectivity index (χ0n) is 19.7. The van der Waals surface area contributed by atoms with Crippen molar-refractivity contribution in [3.05, 3.63) is 0 Å². The first-order valence-corrected chi connectivity index (χ1v) is 12.1. The van der Waals surface area contributed by atoms with Gasteiger partial charge >= 0.3 is 6.03 Å². The Hall–Kier alpha value is -0.770. The second-order valence-electron chi connectivity index (χ2n) is 9.90. The van der Waals surface area contributed by atoms with Crippen molar-refractivity contribution in [2.45, 2.75) is 116 Å². The lowest BCUT2D eigenvalue weighted by Crippen LogP contribution is -2.64. The van der Waals surface area contributed by atoms with Gasteiger partial charge in [0.2, 0.25) is 0 Å². The summed E-state index contributed by atoms with van der Waals surface area (Å²) < 4.78 is 0. The van der Waals surface area contributed by atoms with E-state index in [0.29, 0.717) is 24.0 Å². The lowest BCUT2D eigenvalue weighted by Gasteiger charge is -2.54. The topological polar surface area (TPSA) is 26.8 Å². The highest BCUT2D eigenvalue weighted by Crippen LogP contribution is 2.38. The molecule has 0 radical (unpaired) electrons. The van der Waals surface area contributed by atoms with Crippen molar-refractivity contribution >= 4 is 6.03 Å². The van der Waals surface area contributed by atoms with Crippen LogP contribution in [0.5, 0.6) is 0 Å². The van der Waals surface area contributed by atoms with E-state index in [9.17, 15) is 4.79 Å². The Morgan fingerprint density at radius 1 is 1.00 bits per heavy atom. The van der Waals surface area contributed by atoms with Gasteiger partial charge in [-0.05, 0) is 58.9 Å². The molecular formula is C24H47N3O. The van der Waals surface area contributed by atoms with Crippen LogP contribution in [0, 0.1) is 5.92 Å². The van der Waals surface area contributed by atoms with Crippen LogP contribution in [0.1, 0.15) is 98.8 Å². The minimum Gasteiger partial charge on any atom is -0.325 e. The third-order valence-electron chi connectivity index (χ3n) is 7.82. The number of likely N-dealkylation sites (tertiary alicyclic amines) is 1. The van der Waals surface area contributed by atoms with E-state index in [1.165, 1.54) is 32.1 Å². The van der Waals surface area contributed by atoms with Gasteiger partial charge < -0.3 is 14.7 Å². The summed E-state index contributed by atoms with van der Waals surface area (Å²) in [5, 5.41) is 0. The predicted molar refractivity (Wildman–Crippen MR) is 120 cm³/mol. The summed E-state index contributed by atoms with van der Waals surface area (Å²) in [5.41, 5.74) is 0.133. The van der Waals surface area contributed by atoms with Crippen LogP contribution in [0.2, 0.25) is 0 Å². The zero-order valence-corrected chi connectivity index (χ0v) is 19.7. The fourth-order valence-electron chi connectivity index (χ4n) is 5.15. The Morgan fingerprint density at radius 3 is 2.11 bits per heavy atom. The number of rotatable bonds is 8. The van der Waals surface area contributed by atoms with Gasteiger partial charge in [0, 0.05) is 37.3 Å². The Kier molecular flexibility index (Phi) is 9.11. The van der Waals surface area contributed by atoms with Crippen molar-refractivity contribution < 1.29 is 4.79 Å². The van der Waals surface area contributed by atoms with Gasteiger partial charge in [-0.2, -0.15) is 0 Å². The highest BCUT2D eigenvalue weighted by Gasteiger charge is 2.45. The third kappa shape index (κ3) is 5.43. The van der Waals surface area contributed by atoms with E-state index in [0.717, 1.165) is 51.7 Å². The van der Waals surface area contributed by atoms with Crippen LogP contribution in [0.3, 0.4) is 0 Å². The molecule has 2 amide bonds. The molecule has 1 aliphatic carbocycles. The first-order valence-electron chi connectivity index (χ1n) is 12.1. The fourth-order valence-corrected chi connectivity index (χ4v) is 5.15. The second kappa shape index (κ2) is 10.8. The standard InChI is InChI=1S/C24H47N3O/c1-7-9-17-26(18-10-8-2)23(28)27(21-14-12-11-13-15-21)22-16-19-25(6)24(4,5)20(22)3/h20-22H,7-19H2,1-6H3. The highest BCUT2D eigenvalue weighted by molar-refractivity contribution is 5.75. The number of carbonyl (C=O) groups excluding carboxylic acids is 1. The SMILES string of the molecule is CCCCN(CCCC)C(=O)N(C1CCCCC1)C1CCN(C)C(C)(C)C1C. The summed E-state index contributed by atoms with van der Waals surface area (Å²) in [5.74, 6) is 0.483. The molecule has 2 aliphatic rings. The average molecular weight is 394 g/mol. The van der Waals surface area contributed by atoms with Crippen LogP contribution < -0.4 is 0 Å². The van der Waals surface area contributed by atoms with Crippen LogP contribution in [-0.4, -0.2) is 65.0 Å². The van der Waals surface area contributed by atoms with Crippen LogP contribution in [-0.2, 0) is 0 Å². The molecule has 1 aliphatic heterocycles. The Balaban J connectivity index is 2.28. The zero-order chi connectivity index (χ0) is 20.7. The van der Waals surface area contributed by atoms with Crippen molar-refractivity contribution in [3.8, 4) is 0 Å². The van der Waals surface area contributed by atoms with Gasteiger partial charge in [0.25, 0.3) is 0 Å². The Morgan fingerprint density at radius 2 is 1.57 bits per heavy atom. The minimum atomic E-state index is 0.133. The predicted octanol–water partition coefficient (Wildman–Crippen LogP) is 5.76. The average Bonchev–Trinajstić information content (AvgIpc) is 2.69.